The molecule has 0 amide bonds. The van der Waals surface area contributed by atoms with Gasteiger partial charge in [-0.3, -0.25) is 4.57 Å². The Balaban J connectivity index is 1.93. The first kappa shape index (κ1) is 17.1. The summed E-state index contributed by atoms with van der Waals surface area (Å²) in [7, 11) is -1.76. The van der Waals surface area contributed by atoms with Crippen molar-refractivity contribution in [3.63, 3.8) is 0 Å². The highest BCUT2D eigenvalue weighted by molar-refractivity contribution is 7.90. The van der Waals surface area contributed by atoms with E-state index in [1.165, 1.54) is 12.1 Å². The van der Waals surface area contributed by atoms with Crippen LogP contribution in [-0.4, -0.2) is 31.3 Å². The fourth-order valence-corrected chi connectivity index (χ4v) is 3.68. The number of ether oxygens (including phenoxy) is 2. The van der Waals surface area contributed by atoms with Gasteiger partial charge in [-0.25, -0.2) is 13.4 Å². The molecule has 0 N–H and O–H groups in total. The number of imidazole rings is 1. The number of nitriles is 1. The fourth-order valence-electron chi connectivity index (χ4n) is 3.04. The zero-order chi connectivity index (χ0) is 19.2. The average Bonchev–Trinajstić information content (AvgIpc) is 3.06. The zero-order valence-electron chi connectivity index (χ0n) is 14.6. The summed E-state index contributed by atoms with van der Waals surface area (Å²) in [5.41, 5.74) is 2.35. The van der Waals surface area contributed by atoms with Crippen LogP contribution in [0.1, 0.15) is 11.4 Å². The number of rotatable bonds is 3. The molecule has 0 bridgehead atoms. The van der Waals surface area contributed by atoms with E-state index < -0.39 is 9.84 Å². The van der Waals surface area contributed by atoms with Gasteiger partial charge < -0.3 is 9.47 Å². The molecule has 3 aromatic rings. The summed E-state index contributed by atoms with van der Waals surface area (Å²) in [6, 6.07) is 14.1. The van der Waals surface area contributed by atoms with Gasteiger partial charge in [-0.1, -0.05) is 0 Å². The maximum Gasteiger partial charge on any atom is 0.175 e. The number of nitrogens with zero attached hydrogens (tertiary/aromatic N) is 3. The second-order valence-electron chi connectivity index (χ2n) is 6.10. The third kappa shape index (κ3) is 2.82. The van der Waals surface area contributed by atoms with E-state index in [9.17, 15) is 13.7 Å². The van der Waals surface area contributed by atoms with E-state index in [1.54, 1.807) is 13.2 Å². The van der Waals surface area contributed by atoms with Crippen molar-refractivity contribution in [1.29, 1.82) is 5.26 Å². The molecule has 7 nitrogen and oxygen atoms in total. The Kier molecular flexibility index (Phi) is 3.89. The Labute approximate surface area is 156 Å². The minimum Gasteiger partial charge on any atom is -0.497 e. The van der Waals surface area contributed by atoms with Crippen LogP contribution in [0.3, 0.4) is 0 Å². The lowest BCUT2D eigenvalue weighted by molar-refractivity contribution is 0.284. The highest BCUT2D eigenvalue weighted by Crippen LogP contribution is 2.37. The van der Waals surface area contributed by atoms with Crippen LogP contribution >= 0.6 is 0 Å². The van der Waals surface area contributed by atoms with Gasteiger partial charge in [-0.05, 0) is 36.4 Å². The summed E-state index contributed by atoms with van der Waals surface area (Å²) in [6.45, 7) is 0.131. The molecule has 0 saturated heterocycles. The quantitative estimate of drug-likeness (QED) is 0.692. The number of hydrogen-bond acceptors (Lipinski definition) is 6. The van der Waals surface area contributed by atoms with Gasteiger partial charge in [0, 0.05) is 17.9 Å². The van der Waals surface area contributed by atoms with Gasteiger partial charge in [0.2, 0.25) is 0 Å². The van der Waals surface area contributed by atoms with Gasteiger partial charge in [0.1, 0.15) is 30.0 Å². The molecule has 4 rings (SSSR count). The molecule has 0 radical (unpaired) electrons. The summed E-state index contributed by atoms with van der Waals surface area (Å²) < 4.78 is 36.4. The number of aromatic nitrogens is 2. The first-order valence-corrected chi connectivity index (χ1v) is 9.95. The Bertz CT molecular complexity index is 1190. The molecule has 0 saturated carbocycles. The molecular weight excluding hydrogens is 366 g/mol. The summed E-state index contributed by atoms with van der Waals surface area (Å²) in [4.78, 5) is 4.65. The molecule has 0 fully saturated rings. The molecule has 1 aromatic heterocycles. The van der Waals surface area contributed by atoms with Gasteiger partial charge in [0.25, 0.3) is 0 Å². The maximum absolute atomic E-state index is 11.8. The summed E-state index contributed by atoms with van der Waals surface area (Å²) in [5.74, 6) is 1.73. The van der Waals surface area contributed by atoms with E-state index in [2.05, 4.69) is 11.1 Å². The van der Waals surface area contributed by atoms with Crippen LogP contribution in [0.15, 0.2) is 47.4 Å². The molecule has 1 aliphatic heterocycles. The lowest BCUT2D eigenvalue weighted by Gasteiger charge is -2.22. The van der Waals surface area contributed by atoms with Crippen molar-refractivity contribution in [2.24, 2.45) is 0 Å². The second kappa shape index (κ2) is 6.14. The molecule has 27 heavy (non-hydrogen) atoms. The molecule has 8 heteroatoms. The Morgan fingerprint density at radius 3 is 2.59 bits per heavy atom. The van der Waals surface area contributed by atoms with E-state index in [1.807, 2.05) is 28.8 Å². The van der Waals surface area contributed by atoms with Crippen molar-refractivity contribution in [2.75, 3.05) is 13.4 Å². The van der Waals surface area contributed by atoms with Crippen molar-refractivity contribution in [1.82, 2.24) is 9.55 Å². The number of hydrogen-bond donors (Lipinski definition) is 0. The predicted octanol–water partition coefficient (Wildman–Crippen LogP) is 2.72. The van der Waals surface area contributed by atoms with Crippen molar-refractivity contribution < 1.29 is 17.9 Å². The van der Waals surface area contributed by atoms with Gasteiger partial charge in [0.15, 0.2) is 15.5 Å². The van der Waals surface area contributed by atoms with Crippen molar-refractivity contribution in [3.8, 4) is 34.6 Å². The van der Waals surface area contributed by atoms with Gasteiger partial charge >= 0.3 is 0 Å². The Morgan fingerprint density at radius 1 is 1.22 bits per heavy atom. The third-order valence-corrected chi connectivity index (χ3v) is 5.50. The van der Waals surface area contributed by atoms with Gasteiger partial charge in [-0.15, -0.1) is 0 Å². The number of methoxy groups -OCH3 is 1. The van der Waals surface area contributed by atoms with Crippen LogP contribution in [-0.2, 0) is 16.4 Å². The van der Waals surface area contributed by atoms with Crippen LogP contribution in [0.5, 0.6) is 11.5 Å². The van der Waals surface area contributed by atoms with Crippen molar-refractivity contribution in [2.45, 2.75) is 11.5 Å². The highest BCUT2D eigenvalue weighted by atomic mass is 32.2. The Hall–Kier alpha value is -3.31. The number of fused-ring (bicyclic) bond motifs is 3. The third-order valence-electron chi connectivity index (χ3n) is 4.39. The van der Waals surface area contributed by atoms with E-state index in [0.717, 1.165) is 11.8 Å². The molecular formula is C19H15N3O4S. The van der Waals surface area contributed by atoms with Gasteiger partial charge in [0.05, 0.1) is 23.4 Å². The molecule has 0 aliphatic carbocycles. The topological polar surface area (TPSA) is 94.2 Å². The normalized spacial score (nSPS) is 12.5. The smallest absolute Gasteiger partial charge is 0.175 e. The molecule has 1 aliphatic rings. The van der Waals surface area contributed by atoms with Crippen LogP contribution in [0.25, 0.3) is 17.1 Å². The molecule has 0 atom stereocenters. The molecule has 2 heterocycles. The average molecular weight is 381 g/mol. The maximum atomic E-state index is 11.8. The Morgan fingerprint density at radius 2 is 1.96 bits per heavy atom. The largest absolute Gasteiger partial charge is 0.497 e. The van der Waals surface area contributed by atoms with Crippen LogP contribution in [0.4, 0.5) is 0 Å². The highest BCUT2D eigenvalue weighted by Gasteiger charge is 2.27. The van der Waals surface area contributed by atoms with E-state index in [-0.39, 0.29) is 17.2 Å². The molecule has 2 aromatic carbocycles. The molecule has 0 spiro atoms. The molecule has 136 valence electrons. The van der Waals surface area contributed by atoms with Gasteiger partial charge in [-0.2, -0.15) is 5.26 Å². The fraction of sp³-hybridized carbons (Fsp3) is 0.158. The second-order valence-corrected chi connectivity index (χ2v) is 8.11. The zero-order valence-corrected chi connectivity index (χ0v) is 15.4. The number of sulfone groups is 1. The van der Waals surface area contributed by atoms with E-state index in [0.29, 0.717) is 28.7 Å². The first-order chi connectivity index (χ1) is 12.9. The lowest BCUT2D eigenvalue weighted by atomic mass is 10.2. The summed E-state index contributed by atoms with van der Waals surface area (Å²) in [6.07, 6.45) is 1.15. The van der Waals surface area contributed by atoms with Crippen LogP contribution in [0, 0.1) is 11.3 Å². The molecule has 0 unspecified atom stereocenters. The summed E-state index contributed by atoms with van der Waals surface area (Å²) in [5, 5.41) is 9.45. The van der Waals surface area contributed by atoms with E-state index in [4.69, 9.17) is 9.47 Å². The van der Waals surface area contributed by atoms with Crippen LogP contribution < -0.4 is 9.47 Å². The minimum absolute atomic E-state index is 0.131. The van der Waals surface area contributed by atoms with E-state index >= 15 is 0 Å². The standard InChI is InChI=1S/C19H15N3O4S/c1-25-13-5-3-12(4-6-13)19-21-15(10-20)17-11-26-18-9-14(27(2,23)24)7-8-16(18)22(17)19/h3-9H,11H2,1-2H3. The van der Waals surface area contributed by atoms with Crippen LogP contribution in [0.2, 0.25) is 0 Å². The van der Waals surface area contributed by atoms with Crippen molar-refractivity contribution in [3.05, 3.63) is 53.9 Å². The predicted molar refractivity (Wildman–Crippen MR) is 97.7 cm³/mol. The monoisotopic (exact) mass is 381 g/mol. The first-order valence-electron chi connectivity index (χ1n) is 8.06. The SMILES string of the molecule is COc1ccc(-c2nc(C#N)c3n2-c2ccc(S(C)(=O)=O)cc2OC3)cc1. The summed E-state index contributed by atoms with van der Waals surface area (Å²) >= 11 is 0. The number of benzene rings is 2. The lowest BCUT2D eigenvalue weighted by Crippen LogP contribution is -2.14. The minimum atomic E-state index is -3.35. The van der Waals surface area contributed by atoms with Crippen molar-refractivity contribution >= 4 is 9.84 Å².